The van der Waals surface area contributed by atoms with Crippen LogP contribution < -0.4 is 10.6 Å². The molecule has 4 heteroatoms. The van der Waals surface area contributed by atoms with Gasteiger partial charge in [-0.1, -0.05) is 0 Å². The highest BCUT2D eigenvalue weighted by molar-refractivity contribution is 14.1. The SMILES string of the molecule is O=C(Nc1ccc(I)cc1)[C@@H]1CCCN1. The second-order valence-corrected chi connectivity index (χ2v) is 4.89. The standard InChI is InChI=1S/C11H13IN2O/c12-8-3-5-9(6-4-8)14-11(15)10-2-1-7-13-10/h3-6,10,13H,1-2,7H2,(H,14,15)/t10-/m0/s1. The zero-order chi connectivity index (χ0) is 10.7. The first-order valence-corrected chi connectivity index (χ1v) is 6.13. The van der Waals surface area contributed by atoms with Gasteiger partial charge < -0.3 is 10.6 Å². The minimum Gasteiger partial charge on any atom is -0.325 e. The molecule has 2 N–H and O–H groups in total. The average molecular weight is 316 g/mol. The first-order chi connectivity index (χ1) is 7.25. The molecule has 1 aliphatic rings. The van der Waals surface area contributed by atoms with E-state index >= 15 is 0 Å². The molecule has 0 spiro atoms. The fourth-order valence-electron chi connectivity index (χ4n) is 1.67. The third-order valence-electron chi connectivity index (χ3n) is 2.49. The lowest BCUT2D eigenvalue weighted by Gasteiger charge is -2.10. The minimum atomic E-state index is -0.00993. The number of halogens is 1. The van der Waals surface area contributed by atoms with E-state index in [1.54, 1.807) is 0 Å². The monoisotopic (exact) mass is 316 g/mol. The van der Waals surface area contributed by atoms with Crippen LogP contribution in [0.2, 0.25) is 0 Å². The molecule has 2 rings (SSSR count). The number of benzene rings is 1. The Kier molecular flexibility index (Phi) is 3.58. The molecule has 0 unspecified atom stereocenters. The maximum atomic E-state index is 11.7. The predicted octanol–water partition coefficient (Wildman–Crippen LogP) is 1.98. The molecule has 80 valence electrons. The molecule has 1 heterocycles. The van der Waals surface area contributed by atoms with Crippen LogP contribution in [0.1, 0.15) is 12.8 Å². The van der Waals surface area contributed by atoms with Crippen molar-refractivity contribution < 1.29 is 4.79 Å². The van der Waals surface area contributed by atoms with E-state index < -0.39 is 0 Å². The Labute approximate surface area is 103 Å². The summed E-state index contributed by atoms with van der Waals surface area (Å²) in [5.74, 6) is 0.0775. The van der Waals surface area contributed by atoms with Crippen LogP contribution in [0.4, 0.5) is 5.69 Å². The van der Waals surface area contributed by atoms with Gasteiger partial charge in [-0.25, -0.2) is 0 Å². The van der Waals surface area contributed by atoms with Crippen LogP contribution in [0.3, 0.4) is 0 Å². The van der Waals surface area contributed by atoms with E-state index in [1.807, 2.05) is 24.3 Å². The average Bonchev–Trinajstić information content (AvgIpc) is 2.74. The van der Waals surface area contributed by atoms with Gasteiger partial charge in [0.15, 0.2) is 0 Å². The number of carbonyl (C=O) groups excluding carboxylic acids is 1. The summed E-state index contributed by atoms with van der Waals surface area (Å²) in [4.78, 5) is 11.7. The van der Waals surface area contributed by atoms with Crippen molar-refractivity contribution in [2.45, 2.75) is 18.9 Å². The van der Waals surface area contributed by atoms with Gasteiger partial charge in [-0.3, -0.25) is 4.79 Å². The first kappa shape index (κ1) is 10.9. The largest absolute Gasteiger partial charge is 0.325 e. The lowest BCUT2D eigenvalue weighted by molar-refractivity contribution is -0.117. The fraction of sp³-hybridized carbons (Fsp3) is 0.364. The van der Waals surface area contributed by atoms with Crippen LogP contribution in [-0.2, 0) is 4.79 Å². The summed E-state index contributed by atoms with van der Waals surface area (Å²) in [6.07, 6.45) is 2.03. The van der Waals surface area contributed by atoms with Crippen LogP contribution in [0.5, 0.6) is 0 Å². The highest BCUT2D eigenvalue weighted by Gasteiger charge is 2.21. The van der Waals surface area contributed by atoms with Gasteiger partial charge >= 0.3 is 0 Å². The normalized spacial score (nSPS) is 20.2. The predicted molar refractivity (Wildman–Crippen MR) is 68.8 cm³/mol. The van der Waals surface area contributed by atoms with Crippen LogP contribution in [0.15, 0.2) is 24.3 Å². The molecule has 0 radical (unpaired) electrons. The third kappa shape index (κ3) is 2.92. The smallest absolute Gasteiger partial charge is 0.241 e. The molecule has 1 aromatic carbocycles. The van der Waals surface area contributed by atoms with Gasteiger partial charge in [0.2, 0.25) is 5.91 Å². The zero-order valence-electron chi connectivity index (χ0n) is 8.29. The van der Waals surface area contributed by atoms with E-state index in [-0.39, 0.29) is 11.9 Å². The lowest BCUT2D eigenvalue weighted by Crippen LogP contribution is -2.35. The highest BCUT2D eigenvalue weighted by Crippen LogP contribution is 2.13. The number of carbonyl (C=O) groups is 1. The van der Waals surface area contributed by atoms with Crippen molar-refractivity contribution in [3.63, 3.8) is 0 Å². The molecule has 0 aliphatic carbocycles. The number of hydrogen-bond acceptors (Lipinski definition) is 2. The molecular formula is C11H13IN2O. The number of hydrogen-bond donors (Lipinski definition) is 2. The molecule has 0 saturated carbocycles. The van der Waals surface area contributed by atoms with E-state index in [9.17, 15) is 4.79 Å². The molecule has 1 amide bonds. The molecule has 0 bridgehead atoms. The Morgan fingerprint density at radius 1 is 1.40 bits per heavy atom. The van der Waals surface area contributed by atoms with Crippen LogP contribution in [0, 0.1) is 3.57 Å². The van der Waals surface area contributed by atoms with Gasteiger partial charge in [0.1, 0.15) is 0 Å². The Bertz CT molecular complexity index is 344. The second-order valence-electron chi connectivity index (χ2n) is 3.65. The lowest BCUT2D eigenvalue weighted by atomic mass is 10.2. The molecule has 1 aromatic rings. The summed E-state index contributed by atoms with van der Waals surface area (Å²) in [5, 5.41) is 6.08. The summed E-state index contributed by atoms with van der Waals surface area (Å²) in [5.41, 5.74) is 0.870. The molecule has 3 nitrogen and oxygen atoms in total. The molecule has 0 aromatic heterocycles. The second kappa shape index (κ2) is 4.94. The maximum absolute atomic E-state index is 11.7. The van der Waals surface area contributed by atoms with Crippen molar-refractivity contribution >= 4 is 34.2 Å². The summed E-state index contributed by atoms with van der Waals surface area (Å²) < 4.78 is 1.17. The van der Waals surface area contributed by atoms with Crippen LogP contribution in [0.25, 0.3) is 0 Å². The highest BCUT2D eigenvalue weighted by atomic mass is 127. The molecule has 1 aliphatic heterocycles. The van der Waals surface area contributed by atoms with Crippen LogP contribution >= 0.6 is 22.6 Å². The first-order valence-electron chi connectivity index (χ1n) is 5.05. The van der Waals surface area contributed by atoms with E-state index in [2.05, 4.69) is 33.2 Å². The van der Waals surface area contributed by atoms with Crippen molar-refractivity contribution in [3.8, 4) is 0 Å². The molecule has 1 fully saturated rings. The van der Waals surface area contributed by atoms with E-state index in [0.29, 0.717) is 0 Å². The minimum absolute atomic E-state index is 0.00993. The van der Waals surface area contributed by atoms with Crippen LogP contribution in [-0.4, -0.2) is 18.5 Å². The molecular weight excluding hydrogens is 303 g/mol. The Hall–Kier alpha value is -0.620. The van der Waals surface area contributed by atoms with Crippen molar-refractivity contribution in [2.24, 2.45) is 0 Å². The number of rotatable bonds is 2. The summed E-state index contributed by atoms with van der Waals surface area (Å²) in [6, 6.07) is 7.81. The summed E-state index contributed by atoms with van der Waals surface area (Å²) in [6.45, 7) is 0.949. The number of nitrogens with one attached hydrogen (secondary N) is 2. The van der Waals surface area contributed by atoms with Gasteiger partial charge in [-0.15, -0.1) is 0 Å². The van der Waals surface area contributed by atoms with Gasteiger partial charge in [-0.2, -0.15) is 0 Å². The van der Waals surface area contributed by atoms with E-state index in [0.717, 1.165) is 25.1 Å². The van der Waals surface area contributed by atoms with Gasteiger partial charge in [0.05, 0.1) is 6.04 Å². The Morgan fingerprint density at radius 2 is 2.13 bits per heavy atom. The quantitative estimate of drug-likeness (QED) is 0.819. The van der Waals surface area contributed by atoms with Gasteiger partial charge in [0, 0.05) is 9.26 Å². The summed E-state index contributed by atoms with van der Waals surface area (Å²) >= 11 is 2.24. The Balaban J connectivity index is 1.96. The molecule has 1 atom stereocenters. The molecule has 1 saturated heterocycles. The number of anilines is 1. The summed E-state index contributed by atoms with van der Waals surface area (Å²) in [7, 11) is 0. The van der Waals surface area contributed by atoms with Crippen molar-refractivity contribution in [1.29, 1.82) is 0 Å². The van der Waals surface area contributed by atoms with Crippen molar-refractivity contribution in [2.75, 3.05) is 11.9 Å². The topological polar surface area (TPSA) is 41.1 Å². The maximum Gasteiger partial charge on any atom is 0.241 e. The van der Waals surface area contributed by atoms with Gasteiger partial charge in [0.25, 0.3) is 0 Å². The fourth-order valence-corrected chi connectivity index (χ4v) is 2.03. The third-order valence-corrected chi connectivity index (χ3v) is 3.21. The zero-order valence-corrected chi connectivity index (χ0v) is 10.5. The van der Waals surface area contributed by atoms with E-state index in [4.69, 9.17) is 0 Å². The van der Waals surface area contributed by atoms with Gasteiger partial charge in [-0.05, 0) is 66.2 Å². The van der Waals surface area contributed by atoms with Crippen molar-refractivity contribution in [1.82, 2.24) is 5.32 Å². The molecule has 15 heavy (non-hydrogen) atoms. The van der Waals surface area contributed by atoms with Crippen molar-refractivity contribution in [3.05, 3.63) is 27.8 Å². The van der Waals surface area contributed by atoms with E-state index in [1.165, 1.54) is 3.57 Å². The Morgan fingerprint density at radius 3 is 2.73 bits per heavy atom. The number of amides is 1.